The van der Waals surface area contributed by atoms with Crippen molar-refractivity contribution in [2.45, 2.75) is 156 Å². The minimum absolute atomic E-state index is 0.0970. The number of nitrogens with one attached hydrogen (secondary N) is 1. The zero-order chi connectivity index (χ0) is 26.2. The van der Waals surface area contributed by atoms with Crippen LogP contribution >= 0.6 is 0 Å². The van der Waals surface area contributed by atoms with Crippen LogP contribution in [0.2, 0.25) is 0 Å². The lowest BCUT2D eigenvalue weighted by atomic mass is 9.71. The molecule has 2 saturated heterocycles. The van der Waals surface area contributed by atoms with E-state index in [2.05, 4.69) is 93.3 Å². The van der Waals surface area contributed by atoms with Crippen LogP contribution in [0.25, 0.3) is 0 Å². The first kappa shape index (κ1) is 29.6. The number of nitrogens with zero attached hydrogens (tertiary/aromatic N) is 1. The Labute approximate surface area is 211 Å². The summed E-state index contributed by atoms with van der Waals surface area (Å²) >= 11 is 0. The summed E-state index contributed by atoms with van der Waals surface area (Å²) in [5.41, 5.74) is -1.74. The van der Waals surface area contributed by atoms with Crippen molar-refractivity contribution >= 4 is 5.91 Å². The quantitative estimate of drug-likeness (QED) is 0.358. The molecule has 0 bridgehead atoms. The fourth-order valence-electron chi connectivity index (χ4n) is 6.52. The number of amides is 1. The van der Waals surface area contributed by atoms with E-state index >= 15 is 0 Å². The fourth-order valence-corrected chi connectivity index (χ4v) is 6.52. The van der Waals surface area contributed by atoms with E-state index in [1.54, 1.807) is 0 Å². The molecular weight excluding hydrogens is 424 g/mol. The van der Waals surface area contributed by atoms with Crippen molar-refractivity contribution in [2.24, 2.45) is 11.3 Å². The smallest absolute Gasteiger partial charge is 0.257 e. The van der Waals surface area contributed by atoms with Gasteiger partial charge in [-0.25, -0.2) is 0 Å². The van der Waals surface area contributed by atoms with Crippen LogP contribution in [0.1, 0.15) is 128 Å². The largest absolute Gasteiger partial charge is 0.375 e. The maximum atomic E-state index is 14.3. The lowest BCUT2D eigenvalue weighted by molar-refractivity contribution is -0.166. The highest BCUT2D eigenvalue weighted by Crippen LogP contribution is 2.49. The number of piperidine rings is 1. The van der Waals surface area contributed by atoms with Crippen molar-refractivity contribution in [1.29, 1.82) is 0 Å². The Kier molecular flexibility index (Phi) is 8.71. The van der Waals surface area contributed by atoms with E-state index in [9.17, 15) is 4.79 Å². The third-order valence-corrected chi connectivity index (χ3v) is 9.54. The molecule has 200 valence electrons. The molecule has 1 spiro atoms. The van der Waals surface area contributed by atoms with Crippen molar-refractivity contribution in [3.8, 4) is 0 Å². The molecule has 0 radical (unpaired) electrons. The highest BCUT2D eigenvalue weighted by molar-refractivity contribution is 5.88. The minimum atomic E-state index is -0.773. The highest BCUT2D eigenvalue weighted by Gasteiger charge is 2.63. The number of hydrogen-bond acceptors (Lipinski definition) is 4. The SMILES string of the molecule is CCC(C)(CC)OCC(CN1C(=O)C2(CC(C)(C)NC(C)(C)C2)OC1(C)CC)C(C)(CC)CC. The van der Waals surface area contributed by atoms with Gasteiger partial charge in [0.25, 0.3) is 5.91 Å². The topological polar surface area (TPSA) is 50.8 Å². The molecule has 0 aliphatic carbocycles. The summed E-state index contributed by atoms with van der Waals surface area (Å²) in [5, 5.41) is 3.73. The Morgan fingerprint density at radius 1 is 0.941 bits per heavy atom. The van der Waals surface area contributed by atoms with Crippen molar-refractivity contribution in [3.05, 3.63) is 0 Å². The van der Waals surface area contributed by atoms with E-state index in [1.807, 2.05) is 0 Å². The van der Waals surface area contributed by atoms with Gasteiger partial charge >= 0.3 is 0 Å². The average molecular weight is 481 g/mol. The molecule has 2 rings (SSSR count). The van der Waals surface area contributed by atoms with Crippen molar-refractivity contribution < 1.29 is 14.3 Å². The van der Waals surface area contributed by atoms with Gasteiger partial charge in [-0.1, -0.05) is 54.4 Å². The minimum Gasteiger partial charge on any atom is -0.375 e. The third-order valence-electron chi connectivity index (χ3n) is 9.54. The molecular formula is C29H56N2O3. The maximum absolute atomic E-state index is 14.3. The van der Waals surface area contributed by atoms with Crippen LogP contribution in [0.15, 0.2) is 0 Å². The average Bonchev–Trinajstić information content (AvgIpc) is 2.93. The number of ether oxygens (including phenoxy) is 2. The zero-order valence-electron chi connectivity index (χ0n) is 24.6. The molecule has 1 amide bonds. The Hall–Kier alpha value is -0.650. The first-order valence-electron chi connectivity index (χ1n) is 13.9. The lowest BCUT2D eigenvalue weighted by Gasteiger charge is -2.50. The summed E-state index contributed by atoms with van der Waals surface area (Å²) in [6.07, 6.45) is 6.27. The van der Waals surface area contributed by atoms with Gasteiger partial charge in [0, 0.05) is 36.4 Å². The molecule has 2 aliphatic rings. The Balaban J connectivity index is 2.43. The molecule has 2 atom stereocenters. The predicted octanol–water partition coefficient (Wildman–Crippen LogP) is 6.69. The van der Waals surface area contributed by atoms with Crippen LogP contribution in [0.4, 0.5) is 0 Å². The van der Waals surface area contributed by atoms with E-state index < -0.39 is 11.3 Å². The summed E-state index contributed by atoms with van der Waals surface area (Å²) in [4.78, 5) is 16.4. The third kappa shape index (κ3) is 5.83. The first-order chi connectivity index (χ1) is 15.5. The normalized spacial score (nSPS) is 27.4. The Morgan fingerprint density at radius 3 is 1.85 bits per heavy atom. The standard InChI is InChI=1S/C29H56N2O3/c1-13-26(10,14-2)22(19-33-27(11,15-3)16-4)18-31-23(32)29(34-28(31,12)17-5)20-24(6,7)30-25(8,9)21-29/h22,30H,13-21H2,1-12H3. The van der Waals surface area contributed by atoms with E-state index in [4.69, 9.17) is 9.47 Å². The van der Waals surface area contributed by atoms with Crippen LogP contribution < -0.4 is 5.32 Å². The number of rotatable bonds is 11. The Bertz CT molecular complexity index is 692. The van der Waals surface area contributed by atoms with E-state index in [1.165, 1.54) is 0 Å². The summed E-state index contributed by atoms with van der Waals surface area (Å²) in [7, 11) is 0. The van der Waals surface area contributed by atoms with Crippen LogP contribution in [-0.2, 0) is 14.3 Å². The maximum Gasteiger partial charge on any atom is 0.257 e. The van der Waals surface area contributed by atoms with Gasteiger partial charge in [-0.15, -0.1) is 0 Å². The predicted molar refractivity (Wildman–Crippen MR) is 142 cm³/mol. The van der Waals surface area contributed by atoms with E-state index in [-0.39, 0.29) is 33.9 Å². The number of carbonyl (C=O) groups excluding carboxylic acids is 1. The monoisotopic (exact) mass is 480 g/mol. The second-order valence-corrected chi connectivity index (χ2v) is 13.3. The molecule has 1 N–H and O–H groups in total. The van der Waals surface area contributed by atoms with Gasteiger partial charge in [-0.05, 0) is 66.2 Å². The summed E-state index contributed by atoms with van der Waals surface area (Å²) in [6.45, 7) is 27.9. The molecule has 2 aliphatic heterocycles. The van der Waals surface area contributed by atoms with E-state index in [0.717, 1.165) is 32.1 Å². The van der Waals surface area contributed by atoms with Gasteiger partial charge in [0.1, 0.15) is 5.72 Å². The lowest BCUT2D eigenvalue weighted by Crippen LogP contribution is -2.65. The molecule has 2 fully saturated rings. The first-order valence-corrected chi connectivity index (χ1v) is 13.9. The number of hydrogen-bond donors (Lipinski definition) is 1. The number of carbonyl (C=O) groups is 1. The van der Waals surface area contributed by atoms with Gasteiger partial charge in [-0.3, -0.25) is 4.79 Å². The summed E-state index contributed by atoms with van der Waals surface area (Å²) < 4.78 is 13.5. The molecule has 0 saturated carbocycles. The van der Waals surface area contributed by atoms with Crippen molar-refractivity contribution in [1.82, 2.24) is 10.2 Å². The zero-order valence-corrected chi connectivity index (χ0v) is 24.6. The molecule has 2 heterocycles. The van der Waals surface area contributed by atoms with Gasteiger partial charge in [0.05, 0.1) is 12.2 Å². The molecule has 34 heavy (non-hydrogen) atoms. The van der Waals surface area contributed by atoms with Crippen LogP contribution in [0.3, 0.4) is 0 Å². The molecule has 0 aromatic rings. The molecule has 0 aromatic carbocycles. The van der Waals surface area contributed by atoms with Crippen LogP contribution in [-0.4, -0.2) is 52.0 Å². The molecule has 5 heteroatoms. The van der Waals surface area contributed by atoms with Gasteiger partial charge in [0.2, 0.25) is 0 Å². The second-order valence-electron chi connectivity index (χ2n) is 13.3. The van der Waals surface area contributed by atoms with Crippen LogP contribution in [0, 0.1) is 11.3 Å². The molecule has 5 nitrogen and oxygen atoms in total. The van der Waals surface area contributed by atoms with E-state index in [0.29, 0.717) is 26.0 Å². The second kappa shape index (κ2) is 10.0. The van der Waals surface area contributed by atoms with Crippen molar-refractivity contribution in [3.63, 3.8) is 0 Å². The van der Waals surface area contributed by atoms with Gasteiger partial charge < -0.3 is 19.7 Å². The molecule has 0 aromatic heterocycles. The summed E-state index contributed by atoms with van der Waals surface area (Å²) in [6, 6.07) is 0. The van der Waals surface area contributed by atoms with Gasteiger partial charge in [-0.2, -0.15) is 0 Å². The summed E-state index contributed by atoms with van der Waals surface area (Å²) in [5.74, 6) is 0.420. The fraction of sp³-hybridized carbons (Fsp3) is 0.966. The Morgan fingerprint density at radius 2 is 1.44 bits per heavy atom. The molecule has 2 unspecified atom stereocenters. The van der Waals surface area contributed by atoms with Crippen LogP contribution in [0.5, 0.6) is 0 Å². The highest BCUT2D eigenvalue weighted by atomic mass is 16.6. The van der Waals surface area contributed by atoms with Gasteiger partial charge in [0.15, 0.2) is 5.60 Å². The van der Waals surface area contributed by atoms with Crippen molar-refractivity contribution in [2.75, 3.05) is 13.2 Å².